The molecule has 0 saturated carbocycles. The van der Waals surface area contributed by atoms with Gasteiger partial charge in [-0.1, -0.05) is 45.2 Å². The van der Waals surface area contributed by atoms with Crippen LogP contribution in [0, 0.1) is 0 Å². The van der Waals surface area contributed by atoms with Gasteiger partial charge in [0.2, 0.25) is 0 Å². The molecule has 1 aromatic carbocycles. The van der Waals surface area contributed by atoms with Gasteiger partial charge < -0.3 is 5.32 Å². The maximum Gasteiger partial charge on any atom is 0.0342 e. The summed E-state index contributed by atoms with van der Waals surface area (Å²) < 4.78 is 0. The molecule has 0 radical (unpaired) electrons. The molecule has 84 valence electrons. The van der Waals surface area contributed by atoms with E-state index in [-0.39, 0.29) is 0 Å². The van der Waals surface area contributed by atoms with Crippen LogP contribution >= 0.6 is 0 Å². The zero-order valence-electron chi connectivity index (χ0n) is 10.1. The summed E-state index contributed by atoms with van der Waals surface area (Å²) in [4.78, 5) is 0. The van der Waals surface area contributed by atoms with E-state index < -0.39 is 0 Å². The lowest BCUT2D eigenvalue weighted by Crippen LogP contribution is -2.01. The summed E-state index contributed by atoms with van der Waals surface area (Å²) in [5.41, 5.74) is 2.68. The molecule has 0 heterocycles. The van der Waals surface area contributed by atoms with Crippen molar-refractivity contribution in [2.75, 3.05) is 11.9 Å². The van der Waals surface area contributed by atoms with Crippen LogP contribution in [0.4, 0.5) is 5.69 Å². The van der Waals surface area contributed by atoms with E-state index in [1.54, 1.807) is 0 Å². The average Bonchev–Trinajstić information content (AvgIpc) is 2.29. The predicted octanol–water partition coefficient (Wildman–Crippen LogP) is 4.24. The molecule has 0 aliphatic heterocycles. The fourth-order valence-electron chi connectivity index (χ4n) is 1.69. The Morgan fingerprint density at radius 1 is 1.07 bits per heavy atom. The first kappa shape index (κ1) is 12.1. The molecule has 0 aliphatic carbocycles. The van der Waals surface area contributed by atoms with Gasteiger partial charge in [0, 0.05) is 12.2 Å². The topological polar surface area (TPSA) is 12.0 Å². The number of nitrogens with one attached hydrogen (secondary N) is 1. The zero-order chi connectivity index (χ0) is 10.9. The van der Waals surface area contributed by atoms with Crippen molar-refractivity contribution in [3.8, 4) is 0 Å². The van der Waals surface area contributed by atoms with E-state index in [0.717, 1.165) is 13.0 Å². The number of rotatable bonds is 7. The molecule has 0 fully saturated rings. The standard InChI is InChI=1S/C14H23N/c1-3-5-6-7-11-15-14-10-8-9-13(4-2)12-14/h8-10,12,15H,3-7,11H2,1-2H3. The van der Waals surface area contributed by atoms with Crippen molar-refractivity contribution in [2.24, 2.45) is 0 Å². The second-order valence-electron chi connectivity index (χ2n) is 4.04. The predicted molar refractivity (Wildman–Crippen MR) is 68.5 cm³/mol. The largest absolute Gasteiger partial charge is 0.385 e. The van der Waals surface area contributed by atoms with E-state index in [4.69, 9.17) is 0 Å². The van der Waals surface area contributed by atoms with Crippen molar-refractivity contribution in [3.05, 3.63) is 29.8 Å². The van der Waals surface area contributed by atoms with E-state index in [0.29, 0.717) is 0 Å². The summed E-state index contributed by atoms with van der Waals surface area (Å²) in [6, 6.07) is 8.72. The molecule has 1 nitrogen and oxygen atoms in total. The molecule has 0 spiro atoms. The molecular formula is C14H23N. The monoisotopic (exact) mass is 205 g/mol. The van der Waals surface area contributed by atoms with Gasteiger partial charge >= 0.3 is 0 Å². The van der Waals surface area contributed by atoms with Crippen LogP contribution in [0.3, 0.4) is 0 Å². The smallest absolute Gasteiger partial charge is 0.0342 e. The third kappa shape index (κ3) is 4.87. The Morgan fingerprint density at radius 2 is 1.93 bits per heavy atom. The van der Waals surface area contributed by atoms with Crippen molar-refractivity contribution < 1.29 is 0 Å². The zero-order valence-corrected chi connectivity index (χ0v) is 10.1. The van der Waals surface area contributed by atoms with Crippen LogP contribution in [-0.4, -0.2) is 6.54 Å². The molecule has 1 heteroatoms. The van der Waals surface area contributed by atoms with Gasteiger partial charge in [-0.15, -0.1) is 0 Å². The van der Waals surface area contributed by atoms with Gasteiger partial charge in [-0.05, 0) is 30.5 Å². The van der Waals surface area contributed by atoms with Crippen LogP contribution in [0.25, 0.3) is 0 Å². The van der Waals surface area contributed by atoms with Crippen LogP contribution in [0.15, 0.2) is 24.3 Å². The minimum Gasteiger partial charge on any atom is -0.385 e. The number of hydrogen-bond donors (Lipinski definition) is 1. The quantitative estimate of drug-likeness (QED) is 0.656. The maximum atomic E-state index is 3.48. The minimum absolute atomic E-state index is 1.10. The summed E-state index contributed by atoms with van der Waals surface area (Å²) in [5, 5.41) is 3.48. The third-order valence-electron chi connectivity index (χ3n) is 2.69. The molecule has 0 bridgehead atoms. The lowest BCUT2D eigenvalue weighted by atomic mass is 10.1. The number of unbranched alkanes of at least 4 members (excludes halogenated alkanes) is 3. The molecule has 0 amide bonds. The van der Waals surface area contributed by atoms with Gasteiger partial charge in [0.05, 0.1) is 0 Å². The molecule has 0 aliphatic rings. The highest BCUT2D eigenvalue weighted by molar-refractivity contribution is 5.45. The van der Waals surface area contributed by atoms with Crippen LogP contribution in [0.2, 0.25) is 0 Å². The first-order valence-electron chi connectivity index (χ1n) is 6.19. The SMILES string of the molecule is CCCCCCNc1cccc(CC)c1. The molecule has 0 unspecified atom stereocenters. The van der Waals surface area contributed by atoms with Crippen molar-refractivity contribution in [1.82, 2.24) is 0 Å². The minimum atomic E-state index is 1.10. The van der Waals surface area contributed by atoms with Gasteiger partial charge in [-0.3, -0.25) is 0 Å². The Labute approximate surface area is 93.9 Å². The van der Waals surface area contributed by atoms with Crippen LogP contribution in [0.1, 0.15) is 45.1 Å². The Balaban J connectivity index is 2.24. The van der Waals surface area contributed by atoms with Gasteiger partial charge in [0.25, 0.3) is 0 Å². The van der Waals surface area contributed by atoms with Gasteiger partial charge in [0.1, 0.15) is 0 Å². The fraction of sp³-hybridized carbons (Fsp3) is 0.571. The third-order valence-corrected chi connectivity index (χ3v) is 2.69. The fourth-order valence-corrected chi connectivity index (χ4v) is 1.69. The van der Waals surface area contributed by atoms with E-state index in [1.807, 2.05) is 0 Å². The molecule has 1 N–H and O–H groups in total. The normalized spacial score (nSPS) is 10.3. The summed E-state index contributed by atoms with van der Waals surface area (Å²) in [6.07, 6.45) is 6.41. The molecular weight excluding hydrogens is 182 g/mol. The van der Waals surface area contributed by atoms with E-state index in [2.05, 4.69) is 43.4 Å². The molecule has 0 saturated heterocycles. The van der Waals surface area contributed by atoms with Crippen molar-refractivity contribution in [3.63, 3.8) is 0 Å². The molecule has 0 aromatic heterocycles. The van der Waals surface area contributed by atoms with Crippen molar-refractivity contribution in [2.45, 2.75) is 46.0 Å². The molecule has 1 rings (SSSR count). The average molecular weight is 205 g/mol. The highest BCUT2D eigenvalue weighted by Gasteiger charge is 1.93. The number of benzene rings is 1. The van der Waals surface area contributed by atoms with Crippen LogP contribution < -0.4 is 5.32 Å². The second-order valence-corrected chi connectivity index (χ2v) is 4.04. The van der Waals surface area contributed by atoms with Gasteiger partial charge in [-0.25, -0.2) is 0 Å². The van der Waals surface area contributed by atoms with Gasteiger partial charge in [0.15, 0.2) is 0 Å². The summed E-state index contributed by atoms with van der Waals surface area (Å²) >= 11 is 0. The maximum absolute atomic E-state index is 3.48. The highest BCUT2D eigenvalue weighted by Crippen LogP contribution is 2.11. The summed E-state index contributed by atoms with van der Waals surface area (Å²) in [6.45, 7) is 5.55. The first-order chi connectivity index (χ1) is 7.36. The molecule has 1 aromatic rings. The molecule has 15 heavy (non-hydrogen) atoms. The van der Waals surface area contributed by atoms with Crippen LogP contribution in [0.5, 0.6) is 0 Å². The number of hydrogen-bond acceptors (Lipinski definition) is 1. The van der Waals surface area contributed by atoms with Crippen molar-refractivity contribution in [1.29, 1.82) is 0 Å². The van der Waals surface area contributed by atoms with Crippen molar-refractivity contribution >= 4 is 5.69 Å². The Hall–Kier alpha value is -0.980. The Morgan fingerprint density at radius 3 is 2.67 bits per heavy atom. The molecule has 0 atom stereocenters. The van der Waals surface area contributed by atoms with E-state index >= 15 is 0 Å². The Bertz CT molecular complexity index is 268. The second kappa shape index (κ2) is 7.33. The summed E-state index contributed by atoms with van der Waals surface area (Å²) in [7, 11) is 0. The number of anilines is 1. The first-order valence-corrected chi connectivity index (χ1v) is 6.19. The number of aryl methyl sites for hydroxylation is 1. The van der Waals surface area contributed by atoms with E-state index in [1.165, 1.54) is 36.9 Å². The van der Waals surface area contributed by atoms with Gasteiger partial charge in [-0.2, -0.15) is 0 Å². The van der Waals surface area contributed by atoms with E-state index in [9.17, 15) is 0 Å². The highest BCUT2D eigenvalue weighted by atomic mass is 14.9. The van der Waals surface area contributed by atoms with Crippen LogP contribution in [-0.2, 0) is 6.42 Å². The lowest BCUT2D eigenvalue weighted by molar-refractivity contribution is 0.685. The Kier molecular flexibility index (Phi) is 5.91. The lowest BCUT2D eigenvalue weighted by Gasteiger charge is -2.07. The summed E-state index contributed by atoms with van der Waals surface area (Å²) in [5.74, 6) is 0.